The first-order valence-corrected chi connectivity index (χ1v) is 12.7. The van der Waals surface area contributed by atoms with E-state index in [4.69, 9.17) is 5.10 Å². The van der Waals surface area contributed by atoms with Gasteiger partial charge in [-0.15, -0.1) is 0 Å². The Morgan fingerprint density at radius 2 is 1.62 bits per heavy atom. The van der Waals surface area contributed by atoms with Crippen molar-refractivity contribution < 1.29 is 9.90 Å². The molecular formula is C30H22N4O2S. The summed E-state index contributed by atoms with van der Waals surface area (Å²) in [7, 11) is 0. The lowest BCUT2D eigenvalue weighted by Crippen LogP contribution is -2.28. The number of amides is 1. The number of phenolic OH excluding ortho intramolecular Hbond substituents is 1. The van der Waals surface area contributed by atoms with Gasteiger partial charge in [0.15, 0.2) is 0 Å². The Labute approximate surface area is 218 Å². The van der Waals surface area contributed by atoms with Gasteiger partial charge in [0.2, 0.25) is 0 Å². The fourth-order valence-electron chi connectivity index (χ4n) is 4.33. The largest absolute Gasteiger partial charge is 0.508 e. The fraction of sp³-hybridized carbons (Fsp3) is 0.0333. The molecule has 1 amide bonds. The molecule has 1 aliphatic rings. The quantitative estimate of drug-likeness (QED) is 0.279. The van der Waals surface area contributed by atoms with Crippen molar-refractivity contribution in [1.82, 2.24) is 14.8 Å². The van der Waals surface area contributed by atoms with Gasteiger partial charge in [-0.3, -0.25) is 9.69 Å². The van der Waals surface area contributed by atoms with Gasteiger partial charge in [0, 0.05) is 23.5 Å². The Morgan fingerprint density at radius 1 is 0.865 bits per heavy atom. The fourth-order valence-corrected chi connectivity index (χ4v) is 5.59. The van der Waals surface area contributed by atoms with Gasteiger partial charge in [0.1, 0.15) is 16.9 Å². The van der Waals surface area contributed by atoms with Gasteiger partial charge in [-0.25, -0.2) is 9.67 Å². The Morgan fingerprint density at radius 3 is 2.35 bits per heavy atom. The van der Waals surface area contributed by atoms with E-state index in [9.17, 15) is 9.90 Å². The molecular weight excluding hydrogens is 480 g/mol. The highest BCUT2D eigenvalue weighted by molar-refractivity contribution is 8.05. The van der Waals surface area contributed by atoms with Crippen LogP contribution < -0.4 is 4.90 Å². The first-order valence-electron chi connectivity index (χ1n) is 11.8. The van der Waals surface area contributed by atoms with Gasteiger partial charge in [0.05, 0.1) is 16.3 Å². The molecule has 0 saturated carbocycles. The monoisotopic (exact) mass is 502 g/mol. The van der Waals surface area contributed by atoms with Crippen molar-refractivity contribution in [2.24, 2.45) is 0 Å². The molecule has 2 aromatic heterocycles. The number of carbonyl (C=O) groups excluding carboxylic acids is 1. The molecule has 7 heteroatoms. The van der Waals surface area contributed by atoms with Crippen LogP contribution in [0.4, 0.5) is 5.82 Å². The highest BCUT2D eigenvalue weighted by Gasteiger charge is 2.41. The van der Waals surface area contributed by atoms with Gasteiger partial charge in [-0.2, -0.15) is 5.10 Å². The van der Waals surface area contributed by atoms with Crippen LogP contribution in [0.25, 0.3) is 23.0 Å². The maximum Gasteiger partial charge on any atom is 0.267 e. The third-order valence-corrected chi connectivity index (χ3v) is 7.28. The van der Waals surface area contributed by atoms with Crippen LogP contribution in [0.5, 0.6) is 5.75 Å². The number of phenols is 1. The zero-order valence-corrected chi connectivity index (χ0v) is 20.5. The Kier molecular flexibility index (Phi) is 6.04. The van der Waals surface area contributed by atoms with Gasteiger partial charge in [-0.05, 0) is 48.0 Å². The molecule has 3 aromatic carbocycles. The number of nitrogens with zero attached hydrogens (tertiary/aromatic N) is 4. The molecule has 1 unspecified atom stereocenters. The summed E-state index contributed by atoms with van der Waals surface area (Å²) in [6.45, 7) is 0. The van der Waals surface area contributed by atoms with Crippen molar-refractivity contribution >= 4 is 29.6 Å². The van der Waals surface area contributed by atoms with E-state index in [0.29, 0.717) is 10.7 Å². The smallest absolute Gasteiger partial charge is 0.267 e. The molecule has 1 aliphatic heterocycles. The third kappa shape index (κ3) is 4.52. The summed E-state index contributed by atoms with van der Waals surface area (Å²) in [4.78, 5) is 20.6. The van der Waals surface area contributed by atoms with Crippen molar-refractivity contribution in [3.8, 4) is 22.7 Å². The van der Waals surface area contributed by atoms with E-state index >= 15 is 0 Å². The molecule has 1 saturated heterocycles. The average molecular weight is 503 g/mol. The van der Waals surface area contributed by atoms with Crippen LogP contribution in [0.3, 0.4) is 0 Å². The number of benzene rings is 3. The summed E-state index contributed by atoms with van der Waals surface area (Å²) < 4.78 is 1.86. The third-order valence-electron chi connectivity index (χ3n) is 6.04. The van der Waals surface area contributed by atoms with Gasteiger partial charge < -0.3 is 5.11 Å². The first-order chi connectivity index (χ1) is 18.2. The average Bonchev–Trinajstić information content (AvgIpc) is 3.52. The minimum absolute atomic E-state index is 0.150. The van der Waals surface area contributed by atoms with E-state index in [-0.39, 0.29) is 11.7 Å². The topological polar surface area (TPSA) is 71.2 Å². The number of pyridine rings is 1. The van der Waals surface area contributed by atoms with Crippen LogP contribution in [-0.2, 0) is 4.79 Å². The summed E-state index contributed by atoms with van der Waals surface area (Å²) >= 11 is 1.46. The lowest BCUT2D eigenvalue weighted by molar-refractivity contribution is -0.114. The van der Waals surface area contributed by atoms with Crippen LogP contribution in [0.15, 0.2) is 120 Å². The number of hydrogen-bond donors (Lipinski definition) is 1. The van der Waals surface area contributed by atoms with E-state index in [2.05, 4.69) is 4.98 Å². The number of carbonyl (C=O) groups is 1. The maximum atomic E-state index is 13.8. The minimum Gasteiger partial charge on any atom is -0.508 e. The first kappa shape index (κ1) is 22.8. The van der Waals surface area contributed by atoms with E-state index in [1.165, 1.54) is 11.8 Å². The summed E-state index contributed by atoms with van der Waals surface area (Å²) in [6, 6.07) is 32.3. The Hall–Kier alpha value is -4.62. The van der Waals surface area contributed by atoms with Crippen molar-refractivity contribution in [3.05, 3.63) is 132 Å². The second kappa shape index (κ2) is 9.79. The highest BCUT2D eigenvalue weighted by atomic mass is 32.2. The molecule has 0 aliphatic carbocycles. The molecule has 6 rings (SSSR count). The molecule has 37 heavy (non-hydrogen) atoms. The zero-order chi connectivity index (χ0) is 25.2. The normalized spacial score (nSPS) is 16.4. The Balaban J connectivity index is 1.51. The molecule has 1 fully saturated rings. The number of para-hydroxylation sites is 1. The molecule has 6 nitrogen and oxygen atoms in total. The standard InChI is InChI=1S/C30H22N4O2S/c35-24-15-9-10-21(18-24)19-26-29(36)34(27-16-7-8-17-31-27)30(37-26)25-20-33(23-13-5-2-6-14-23)32-28(25)22-11-3-1-4-12-22/h1-20,30,35H. The van der Waals surface area contributed by atoms with Gasteiger partial charge >= 0.3 is 0 Å². The van der Waals surface area contributed by atoms with E-state index in [0.717, 1.165) is 28.1 Å². The predicted molar refractivity (Wildman–Crippen MR) is 147 cm³/mol. The lowest BCUT2D eigenvalue weighted by atomic mass is 10.1. The molecule has 3 heterocycles. The summed E-state index contributed by atoms with van der Waals surface area (Å²) in [5.74, 6) is 0.567. The van der Waals surface area contributed by atoms with Crippen LogP contribution in [-0.4, -0.2) is 25.8 Å². The van der Waals surface area contributed by atoms with Crippen LogP contribution in [0, 0.1) is 0 Å². The number of aromatic nitrogens is 3. The number of thioether (sulfide) groups is 1. The molecule has 0 radical (unpaired) electrons. The number of hydrogen-bond acceptors (Lipinski definition) is 5. The summed E-state index contributed by atoms with van der Waals surface area (Å²) in [5, 5.41) is 14.5. The van der Waals surface area contributed by atoms with Crippen LogP contribution >= 0.6 is 11.8 Å². The molecule has 0 bridgehead atoms. The van der Waals surface area contributed by atoms with E-state index in [1.807, 2.05) is 102 Å². The van der Waals surface area contributed by atoms with Crippen molar-refractivity contribution in [2.45, 2.75) is 5.37 Å². The summed E-state index contributed by atoms with van der Waals surface area (Å²) in [6.07, 6.45) is 5.50. The van der Waals surface area contributed by atoms with Gasteiger partial charge in [0.25, 0.3) is 5.91 Å². The highest BCUT2D eigenvalue weighted by Crippen LogP contribution is 2.50. The second-order valence-electron chi connectivity index (χ2n) is 8.52. The van der Waals surface area contributed by atoms with E-state index < -0.39 is 5.37 Å². The van der Waals surface area contributed by atoms with Crippen molar-refractivity contribution in [3.63, 3.8) is 0 Å². The molecule has 0 spiro atoms. The lowest BCUT2D eigenvalue weighted by Gasteiger charge is -2.22. The summed E-state index contributed by atoms with van der Waals surface area (Å²) in [5.41, 5.74) is 4.35. The Bertz CT molecular complexity index is 1580. The van der Waals surface area contributed by atoms with E-state index in [1.54, 1.807) is 29.3 Å². The van der Waals surface area contributed by atoms with Crippen molar-refractivity contribution in [1.29, 1.82) is 0 Å². The van der Waals surface area contributed by atoms with Crippen LogP contribution in [0.2, 0.25) is 0 Å². The molecule has 1 N–H and O–H groups in total. The number of aromatic hydroxyl groups is 1. The number of anilines is 1. The molecule has 180 valence electrons. The van der Waals surface area contributed by atoms with Gasteiger partial charge in [-0.1, -0.05) is 78.5 Å². The second-order valence-corrected chi connectivity index (χ2v) is 9.64. The number of rotatable bonds is 5. The van der Waals surface area contributed by atoms with Crippen molar-refractivity contribution in [2.75, 3.05) is 4.90 Å². The van der Waals surface area contributed by atoms with Crippen LogP contribution in [0.1, 0.15) is 16.5 Å². The molecule has 1 atom stereocenters. The predicted octanol–water partition coefficient (Wildman–Crippen LogP) is 6.46. The minimum atomic E-state index is -0.390. The SMILES string of the molecule is O=C1C(=Cc2cccc(O)c2)SC(c2cn(-c3ccccc3)nc2-c2ccccc2)N1c1ccccn1. The maximum absolute atomic E-state index is 13.8. The molecule has 5 aromatic rings. The zero-order valence-electron chi connectivity index (χ0n) is 19.7.